The quantitative estimate of drug-likeness (QED) is 0.112. The van der Waals surface area contributed by atoms with Crippen molar-refractivity contribution >= 4 is 45.7 Å². The monoisotopic (exact) mass is 1090 g/mol. The van der Waals surface area contributed by atoms with Crippen LogP contribution in [0, 0.1) is 23.2 Å². The molecule has 6 fully saturated rings. The zero-order chi connectivity index (χ0) is 53.5. The predicted octanol–water partition coefficient (Wildman–Crippen LogP) is 7.50. The summed E-state index contributed by atoms with van der Waals surface area (Å²) < 4.78 is 67.6. The molecule has 0 spiro atoms. The Hall–Kier alpha value is -4.67. The van der Waals surface area contributed by atoms with Crippen molar-refractivity contribution in [1.82, 2.24) is 35.2 Å². The summed E-state index contributed by atoms with van der Waals surface area (Å²) in [5, 5.41) is 7.34. The fourth-order valence-electron chi connectivity index (χ4n) is 12.6. The van der Waals surface area contributed by atoms with Crippen LogP contribution in [-0.2, 0) is 55.8 Å². The molecule has 2 N–H and O–H groups in total. The first-order chi connectivity index (χ1) is 37.2. The molecule has 7 aliphatic rings. The van der Waals surface area contributed by atoms with Crippen molar-refractivity contribution in [3.05, 3.63) is 52.1 Å². The summed E-state index contributed by atoms with van der Waals surface area (Å²) in [5.74, 6) is -2.02. The van der Waals surface area contributed by atoms with E-state index in [1.807, 2.05) is 31.5 Å². The maximum absolute atomic E-state index is 15.0. The molecule has 8 atom stereocenters. The molecule has 77 heavy (non-hydrogen) atoms. The molecule has 0 unspecified atom stereocenters. The number of hydrogen-bond donors (Lipinski definition) is 2. The highest BCUT2D eigenvalue weighted by molar-refractivity contribution is 7.10. The van der Waals surface area contributed by atoms with Gasteiger partial charge in [0.15, 0.2) is 0 Å². The number of amides is 2. The lowest BCUT2D eigenvalue weighted by molar-refractivity contribution is -0.157. The number of nitrogens with one attached hydrogen (secondary N) is 2. The molecule has 20 heteroatoms. The minimum absolute atomic E-state index is 0.00605. The third kappa shape index (κ3) is 11.8. The third-order valence-corrected chi connectivity index (χ3v) is 18.0. The number of esters is 1. The zero-order valence-corrected chi connectivity index (χ0v) is 46.0. The number of hydrogen-bond acceptors (Lipinski definition) is 15. The van der Waals surface area contributed by atoms with Crippen molar-refractivity contribution in [3.8, 4) is 22.5 Å². The van der Waals surface area contributed by atoms with Crippen molar-refractivity contribution < 1.29 is 51.6 Å². The Morgan fingerprint density at radius 3 is 2.55 bits per heavy atom. The first-order valence-electron chi connectivity index (χ1n) is 28.1. The lowest BCUT2D eigenvalue weighted by Gasteiger charge is -2.37. The second-order valence-electron chi connectivity index (χ2n) is 23.1. The summed E-state index contributed by atoms with van der Waals surface area (Å²) in [7, 11) is 1.70. The van der Waals surface area contributed by atoms with E-state index in [9.17, 15) is 23.2 Å². The number of cyclic esters (lactones) is 1. The number of methoxy groups -OCH3 is 1. The molecule has 8 heterocycles. The van der Waals surface area contributed by atoms with Crippen molar-refractivity contribution in [1.29, 1.82) is 0 Å². The number of aromatic nitrogens is 3. The number of alkyl halides is 2. The molecule has 11 rings (SSSR count). The van der Waals surface area contributed by atoms with Gasteiger partial charge in [0.05, 0.1) is 60.5 Å². The lowest BCUT2D eigenvalue weighted by Crippen LogP contribution is -2.61. The van der Waals surface area contributed by atoms with Gasteiger partial charge >= 0.3 is 5.97 Å². The van der Waals surface area contributed by atoms with Gasteiger partial charge in [0.25, 0.3) is 12.3 Å². The van der Waals surface area contributed by atoms with Gasteiger partial charge in [-0.2, -0.15) is 0 Å². The summed E-state index contributed by atoms with van der Waals surface area (Å²) >= 11 is 1.18. The van der Waals surface area contributed by atoms with Gasteiger partial charge in [-0.3, -0.25) is 29.3 Å². The first kappa shape index (κ1) is 54.3. The molecular formula is C57H76F2N8O9S. The number of halogens is 2. The van der Waals surface area contributed by atoms with Crippen LogP contribution in [0.5, 0.6) is 0 Å². The molecule has 2 aliphatic carbocycles. The molecule has 17 nitrogen and oxygen atoms in total. The number of rotatable bonds is 15. The fourth-order valence-corrected chi connectivity index (χ4v) is 13.5. The standard InChI is InChI=1S/C57H76F2N8O9S/c1-33-47(45-9-7-22-74-45)48(33)53(68)62-50-52(75-30-46(58)59)54-61-43(31-77-54)35-10-13-44-39(26-35)41(28-57(3,4)32-76-56(70)42-8-6-16-67(63-42)55(50)69)51(66(44)21-25-73-38-14-23-72-24-15-38)40-27-37(29-60-49(40)34(2)71-5)65-19-17-64(18-20-65)36-11-12-36/h10,13,26-27,29,31,33-34,36,38,42,45-48,50,52,63H,6-9,11-12,14-25,28,30,32H2,1-5H3,(H,62,68)/t33-,34-,42-,45+,47-,48+,50-,52-/m0/s1. The van der Waals surface area contributed by atoms with Crippen LogP contribution in [0.1, 0.15) is 108 Å². The maximum Gasteiger partial charge on any atom is 0.324 e. The van der Waals surface area contributed by atoms with Crippen molar-refractivity contribution in [2.75, 3.05) is 84.4 Å². The van der Waals surface area contributed by atoms with E-state index < -0.39 is 54.4 Å². The number of carbonyl (C=O) groups is 3. The SMILES string of the molecule is CO[C@@H](C)c1ncc(N2CCN(C3CC3)CC2)cc1-c1c2c3cc(ccc3n1CCOC1CCOCC1)-c1csc(n1)[C@@H](OCC(F)F)[C@H](NC(=O)[C@@H]1[C@@H](C)[C@H]1[C@H]1CCCO1)C(=O)N1CCC[C@H](N1)C(=O)OCC(C)(C)C2. The maximum atomic E-state index is 15.0. The minimum atomic E-state index is -2.88. The van der Waals surface area contributed by atoms with Crippen LogP contribution in [0.3, 0.4) is 0 Å². The van der Waals surface area contributed by atoms with Gasteiger partial charge in [0.2, 0.25) is 5.91 Å². The third-order valence-electron chi connectivity index (χ3n) is 17.1. The number of anilines is 1. The van der Waals surface area contributed by atoms with E-state index in [-0.39, 0.29) is 54.2 Å². The number of hydrazine groups is 1. The van der Waals surface area contributed by atoms with Crippen LogP contribution in [-0.4, -0.2) is 158 Å². The molecule has 6 bridgehead atoms. The highest BCUT2D eigenvalue weighted by Gasteiger charge is 2.57. The number of fused-ring (bicyclic) bond motifs is 6. The van der Waals surface area contributed by atoms with E-state index in [1.165, 1.54) is 29.2 Å². The van der Waals surface area contributed by atoms with Gasteiger partial charge in [-0.25, -0.2) is 19.2 Å². The van der Waals surface area contributed by atoms with Crippen molar-refractivity contribution in [2.24, 2.45) is 23.2 Å². The van der Waals surface area contributed by atoms with Gasteiger partial charge < -0.3 is 43.2 Å². The van der Waals surface area contributed by atoms with E-state index in [2.05, 4.69) is 57.2 Å². The van der Waals surface area contributed by atoms with E-state index in [4.69, 9.17) is 38.4 Å². The van der Waals surface area contributed by atoms with Gasteiger partial charge in [-0.1, -0.05) is 26.8 Å². The van der Waals surface area contributed by atoms with Crippen LogP contribution in [0.2, 0.25) is 0 Å². The topological polar surface area (TPSA) is 171 Å². The Labute approximate surface area is 453 Å². The Morgan fingerprint density at radius 2 is 1.81 bits per heavy atom. The number of piperazine rings is 1. The van der Waals surface area contributed by atoms with Crippen LogP contribution in [0.25, 0.3) is 33.4 Å². The van der Waals surface area contributed by atoms with Crippen LogP contribution in [0.15, 0.2) is 35.8 Å². The van der Waals surface area contributed by atoms with Gasteiger partial charge in [-0.05, 0) is 94.4 Å². The lowest BCUT2D eigenvalue weighted by atomic mass is 9.84. The number of pyridine rings is 1. The Morgan fingerprint density at radius 1 is 1.00 bits per heavy atom. The molecule has 4 saturated heterocycles. The Balaban J connectivity index is 1.04. The number of nitrogens with zero attached hydrogens (tertiary/aromatic N) is 6. The van der Waals surface area contributed by atoms with Crippen LogP contribution < -0.4 is 15.6 Å². The molecule has 5 aliphatic heterocycles. The zero-order valence-electron chi connectivity index (χ0n) is 45.2. The number of ether oxygens (including phenoxy) is 6. The smallest absolute Gasteiger partial charge is 0.324 e. The van der Waals surface area contributed by atoms with E-state index >= 15 is 0 Å². The summed E-state index contributed by atoms with van der Waals surface area (Å²) in [5.41, 5.74) is 9.53. The molecule has 2 saturated carbocycles. The summed E-state index contributed by atoms with van der Waals surface area (Å²) in [4.78, 5) is 59.0. The van der Waals surface area contributed by atoms with Crippen LogP contribution in [0.4, 0.5) is 14.5 Å². The molecule has 4 aromatic rings. The highest BCUT2D eigenvalue weighted by atomic mass is 32.1. The molecule has 0 radical (unpaired) electrons. The molecule has 1 aromatic carbocycles. The van der Waals surface area contributed by atoms with E-state index in [0.29, 0.717) is 64.0 Å². The Bertz CT molecular complexity index is 2750. The van der Waals surface area contributed by atoms with Gasteiger partial charge in [0.1, 0.15) is 29.8 Å². The first-order valence-corrected chi connectivity index (χ1v) is 29.0. The molecule has 3 aromatic heterocycles. The number of carbonyl (C=O) groups excluding carboxylic acids is 3. The van der Waals surface area contributed by atoms with Crippen LogP contribution >= 0.6 is 11.3 Å². The summed E-state index contributed by atoms with van der Waals surface area (Å²) in [6.07, 6.45) is 4.62. The minimum Gasteiger partial charge on any atom is -0.464 e. The van der Waals surface area contributed by atoms with Gasteiger partial charge in [0, 0.05) is 117 Å². The van der Waals surface area contributed by atoms with Crippen molar-refractivity contribution in [2.45, 2.75) is 141 Å². The number of benzene rings is 1. The second kappa shape index (κ2) is 23.2. The average molecular weight is 1090 g/mol. The van der Waals surface area contributed by atoms with Gasteiger partial charge in [-0.15, -0.1) is 11.3 Å². The largest absolute Gasteiger partial charge is 0.464 e. The Kier molecular flexibility index (Phi) is 16.4. The van der Waals surface area contributed by atoms with E-state index in [1.54, 1.807) is 7.11 Å². The number of thiazole rings is 1. The molecule has 2 amide bonds. The van der Waals surface area contributed by atoms with Crippen molar-refractivity contribution in [3.63, 3.8) is 0 Å². The molecular weight excluding hydrogens is 1010 g/mol. The fraction of sp³-hybridized carbons (Fsp3) is 0.667. The molecule has 418 valence electrons. The average Bonchev–Trinajstić information content (AvgIpc) is 4.39. The summed E-state index contributed by atoms with van der Waals surface area (Å²) in [6, 6.07) is 6.85. The van der Waals surface area contributed by atoms with E-state index in [0.717, 1.165) is 96.5 Å². The second-order valence-corrected chi connectivity index (χ2v) is 24.0. The summed E-state index contributed by atoms with van der Waals surface area (Å²) in [6.45, 7) is 14.2. The highest BCUT2D eigenvalue weighted by Crippen LogP contribution is 2.52. The normalized spacial score (nSPS) is 28.0. The predicted molar refractivity (Wildman–Crippen MR) is 286 cm³/mol.